The van der Waals surface area contributed by atoms with E-state index in [9.17, 15) is 9.59 Å². The molecule has 5 nitrogen and oxygen atoms in total. The molecule has 6 heteroatoms. The Kier molecular flexibility index (Phi) is 10.3. The lowest BCUT2D eigenvalue weighted by Crippen LogP contribution is -2.48. The molecule has 2 rings (SSSR count). The van der Waals surface area contributed by atoms with Gasteiger partial charge in [0, 0.05) is 39.0 Å². The quantitative estimate of drug-likeness (QED) is 0.727. The van der Waals surface area contributed by atoms with Crippen molar-refractivity contribution in [3.05, 3.63) is 35.4 Å². The number of halogens is 1. The minimum Gasteiger partial charge on any atom is -0.356 e. The van der Waals surface area contributed by atoms with Gasteiger partial charge in [-0.15, -0.1) is 12.4 Å². The van der Waals surface area contributed by atoms with Crippen LogP contribution < -0.4 is 10.6 Å². The van der Waals surface area contributed by atoms with Crippen LogP contribution >= 0.6 is 12.4 Å². The van der Waals surface area contributed by atoms with Gasteiger partial charge >= 0.3 is 0 Å². The molecule has 0 saturated carbocycles. The van der Waals surface area contributed by atoms with Crippen molar-refractivity contribution in [2.24, 2.45) is 0 Å². The second kappa shape index (κ2) is 11.9. The first kappa shape index (κ1) is 22.5. The molecular formula is C20H32ClN3O2. The summed E-state index contributed by atoms with van der Waals surface area (Å²) >= 11 is 0. The van der Waals surface area contributed by atoms with E-state index < -0.39 is 0 Å². The van der Waals surface area contributed by atoms with Gasteiger partial charge in [0.05, 0.1) is 6.04 Å². The van der Waals surface area contributed by atoms with Crippen molar-refractivity contribution in [3.63, 3.8) is 0 Å². The molecule has 1 saturated heterocycles. The number of carbonyl (C=O) groups is 2. The van der Waals surface area contributed by atoms with Gasteiger partial charge in [-0.3, -0.25) is 9.59 Å². The van der Waals surface area contributed by atoms with Gasteiger partial charge in [-0.2, -0.15) is 0 Å². The molecule has 1 aromatic carbocycles. The summed E-state index contributed by atoms with van der Waals surface area (Å²) in [5.74, 6) is 0.191. The molecular weight excluding hydrogens is 350 g/mol. The highest BCUT2D eigenvalue weighted by Crippen LogP contribution is 2.24. The van der Waals surface area contributed by atoms with Crippen molar-refractivity contribution in [2.75, 3.05) is 26.2 Å². The third-order valence-electron chi connectivity index (χ3n) is 4.70. The Morgan fingerprint density at radius 1 is 1.19 bits per heavy atom. The fourth-order valence-electron chi connectivity index (χ4n) is 3.17. The maximum Gasteiger partial charge on any atom is 0.223 e. The van der Waals surface area contributed by atoms with Crippen LogP contribution in [0.1, 0.15) is 56.7 Å². The van der Waals surface area contributed by atoms with Gasteiger partial charge in [-0.25, -0.2) is 0 Å². The second-order valence-corrected chi connectivity index (χ2v) is 6.61. The molecule has 1 atom stereocenters. The molecule has 1 unspecified atom stereocenters. The lowest BCUT2D eigenvalue weighted by molar-refractivity contribution is -0.134. The highest BCUT2D eigenvalue weighted by Gasteiger charge is 2.27. The van der Waals surface area contributed by atoms with E-state index in [4.69, 9.17) is 0 Å². The van der Waals surface area contributed by atoms with E-state index in [0.717, 1.165) is 32.5 Å². The van der Waals surface area contributed by atoms with Crippen molar-refractivity contribution in [1.29, 1.82) is 0 Å². The van der Waals surface area contributed by atoms with Crippen LogP contribution in [-0.4, -0.2) is 42.9 Å². The first-order chi connectivity index (χ1) is 12.2. The zero-order valence-corrected chi connectivity index (χ0v) is 16.7. The first-order valence-electron chi connectivity index (χ1n) is 9.51. The van der Waals surface area contributed by atoms with Gasteiger partial charge in [0.15, 0.2) is 0 Å². The number of nitrogens with zero attached hydrogens (tertiary/aromatic N) is 1. The van der Waals surface area contributed by atoms with E-state index in [1.165, 1.54) is 11.1 Å². The molecule has 1 heterocycles. The first-order valence-corrected chi connectivity index (χ1v) is 9.51. The normalized spacial score (nSPS) is 16.7. The van der Waals surface area contributed by atoms with Crippen LogP contribution in [0.15, 0.2) is 24.3 Å². The monoisotopic (exact) mass is 381 g/mol. The van der Waals surface area contributed by atoms with E-state index >= 15 is 0 Å². The second-order valence-electron chi connectivity index (χ2n) is 6.61. The Bertz CT molecular complexity index is 563. The summed E-state index contributed by atoms with van der Waals surface area (Å²) in [4.78, 5) is 26.3. The highest BCUT2D eigenvalue weighted by molar-refractivity contribution is 5.85. The molecule has 0 aliphatic carbocycles. The number of hydrogen-bond donors (Lipinski definition) is 2. The molecule has 0 aromatic heterocycles. The summed E-state index contributed by atoms with van der Waals surface area (Å²) in [5.41, 5.74) is 2.49. The molecule has 0 spiro atoms. The van der Waals surface area contributed by atoms with Gasteiger partial charge < -0.3 is 15.5 Å². The van der Waals surface area contributed by atoms with E-state index in [2.05, 4.69) is 41.8 Å². The molecule has 1 aromatic rings. The maximum atomic E-state index is 12.7. The number of amides is 2. The van der Waals surface area contributed by atoms with Crippen molar-refractivity contribution >= 4 is 24.2 Å². The smallest absolute Gasteiger partial charge is 0.223 e. The standard InChI is InChI=1S/C20H31N3O2.ClH/c1-3-12-22-19(24)6-5-7-20(25)23-14-13-21-15-18(23)17-10-8-16(4-2)9-11-17;/h8-11,18,21H,3-7,12-15H2,1-2H3,(H,22,24);1H. The lowest BCUT2D eigenvalue weighted by Gasteiger charge is -2.36. The van der Waals surface area contributed by atoms with Crippen LogP contribution in [0.2, 0.25) is 0 Å². The van der Waals surface area contributed by atoms with Gasteiger partial charge in [0.1, 0.15) is 0 Å². The summed E-state index contributed by atoms with van der Waals surface area (Å²) in [6.07, 6.45) is 3.42. The SMILES string of the molecule is CCCNC(=O)CCCC(=O)N1CCNCC1c1ccc(CC)cc1.Cl. The van der Waals surface area contributed by atoms with Crippen LogP contribution in [0.5, 0.6) is 0 Å². The lowest BCUT2D eigenvalue weighted by atomic mass is 10.00. The van der Waals surface area contributed by atoms with Gasteiger partial charge in [-0.1, -0.05) is 38.1 Å². The number of hydrogen-bond acceptors (Lipinski definition) is 3. The third-order valence-corrected chi connectivity index (χ3v) is 4.70. The van der Waals surface area contributed by atoms with Gasteiger partial charge in [-0.05, 0) is 30.4 Å². The average molecular weight is 382 g/mol. The Hall–Kier alpha value is -1.59. The summed E-state index contributed by atoms with van der Waals surface area (Å²) in [5, 5.41) is 6.24. The molecule has 0 radical (unpaired) electrons. The van der Waals surface area contributed by atoms with Gasteiger partial charge in [0.25, 0.3) is 0 Å². The largest absolute Gasteiger partial charge is 0.356 e. The number of carbonyl (C=O) groups excluding carboxylic acids is 2. The van der Waals surface area contributed by atoms with Crippen molar-refractivity contribution in [2.45, 2.75) is 52.0 Å². The molecule has 2 N–H and O–H groups in total. The van der Waals surface area contributed by atoms with Gasteiger partial charge in [0.2, 0.25) is 11.8 Å². The Morgan fingerprint density at radius 2 is 1.92 bits per heavy atom. The number of rotatable bonds is 8. The molecule has 2 amide bonds. The summed E-state index contributed by atoms with van der Waals surface area (Å²) in [7, 11) is 0. The minimum absolute atomic E-state index is 0. The van der Waals surface area contributed by atoms with Crippen LogP contribution in [0, 0.1) is 0 Å². The Labute approximate surface area is 163 Å². The number of piperazine rings is 1. The van der Waals surface area contributed by atoms with Crippen LogP contribution in [0.4, 0.5) is 0 Å². The predicted octanol–water partition coefficient (Wildman–Crippen LogP) is 2.84. The minimum atomic E-state index is 0. The van der Waals surface area contributed by atoms with Crippen molar-refractivity contribution < 1.29 is 9.59 Å². The molecule has 1 fully saturated rings. The molecule has 0 bridgehead atoms. The van der Waals surface area contributed by atoms with E-state index in [1.807, 2.05) is 11.8 Å². The highest BCUT2D eigenvalue weighted by atomic mass is 35.5. The number of nitrogens with one attached hydrogen (secondary N) is 2. The summed E-state index contributed by atoms with van der Waals surface area (Å²) < 4.78 is 0. The topological polar surface area (TPSA) is 61.4 Å². The van der Waals surface area contributed by atoms with Crippen LogP contribution in [0.25, 0.3) is 0 Å². The Morgan fingerprint density at radius 3 is 2.58 bits per heavy atom. The van der Waals surface area contributed by atoms with E-state index in [1.54, 1.807) is 0 Å². The van der Waals surface area contributed by atoms with E-state index in [-0.39, 0.29) is 30.3 Å². The molecule has 146 valence electrons. The molecule has 1 aliphatic heterocycles. The maximum absolute atomic E-state index is 12.7. The summed E-state index contributed by atoms with van der Waals surface area (Å²) in [6.45, 7) is 7.22. The Balaban J connectivity index is 0.00000338. The number of aryl methyl sites for hydroxylation is 1. The molecule has 26 heavy (non-hydrogen) atoms. The number of benzene rings is 1. The van der Waals surface area contributed by atoms with Crippen molar-refractivity contribution in [3.8, 4) is 0 Å². The zero-order valence-electron chi connectivity index (χ0n) is 15.9. The fourth-order valence-corrected chi connectivity index (χ4v) is 3.17. The third kappa shape index (κ3) is 6.61. The van der Waals surface area contributed by atoms with E-state index in [0.29, 0.717) is 25.8 Å². The summed E-state index contributed by atoms with van der Waals surface area (Å²) in [6, 6.07) is 8.64. The molecule has 1 aliphatic rings. The zero-order chi connectivity index (χ0) is 18.1. The fraction of sp³-hybridized carbons (Fsp3) is 0.600. The predicted molar refractivity (Wildman–Crippen MR) is 108 cm³/mol. The average Bonchev–Trinajstić information content (AvgIpc) is 2.66. The van der Waals surface area contributed by atoms with Crippen LogP contribution in [0.3, 0.4) is 0 Å². The van der Waals surface area contributed by atoms with Crippen molar-refractivity contribution in [1.82, 2.24) is 15.5 Å². The van der Waals surface area contributed by atoms with Crippen LogP contribution in [-0.2, 0) is 16.0 Å².